The number of alkyl halides is 3. The molecule has 0 radical (unpaired) electrons. The topological polar surface area (TPSA) is 49.9 Å². The third kappa shape index (κ3) is 3.03. The molecule has 2 saturated heterocycles. The van der Waals surface area contributed by atoms with Crippen molar-refractivity contribution in [1.29, 1.82) is 0 Å². The predicted octanol–water partition coefficient (Wildman–Crippen LogP) is 2.45. The fourth-order valence-electron chi connectivity index (χ4n) is 3.00. The van der Waals surface area contributed by atoms with Gasteiger partial charge < -0.3 is 4.74 Å². The first-order valence-electron chi connectivity index (χ1n) is 7.18. The van der Waals surface area contributed by atoms with E-state index < -0.39 is 22.4 Å². The molecular formula is C14H16ClF3N2O3S. The smallest absolute Gasteiger partial charge is 0.380 e. The van der Waals surface area contributed by atoms with Crippen LogP contribution in [0.5, 0.6) is 0 Å². The molecule has 1 aromatic rings. The first kappa shape index (κ1) is 17.9. The number of nitrogens with zero attached hydrogens (tertiary/aromatic N) is 2. The first-order chi connectivity index (χ1) is 11.1. The molecule has 24 heavy (non-hydrogen) atoms. The zero-order valence-electron chi connectivity index (χ0n) is 12.8. The molecule has 2 fully saturated rings. The average molecular weight is 385 g/mol. The van der Waals surface area contributed by atoms with Crippen LogP contribution in [0.25, 0.3) is 0 Å². The summed E-state index contributed by atoms with van der Waals surface area (Å²) >= 11 is 5.70. The lowest BCUT2D eigenvalue weighted by Crippen LogP contribution is -2.68. The minimum absolute atomic E-state index is 0.180. The molecule has 0 aliphatic carbocycles. The van der Waals surface area contributed by atoms with Gasteiger partial charge in [0.2, 0.25) is 0 Å². The van der Waals surface area contributed by atoms with Gasteiger partial charge in [-0.25, -0.2) is 0 Å². The molecule has 2 aliphatic rings. The van der Waals surface area contributed by atoms with Crippen LogP contribution in [0.1, 0.15) is 11.6 Å². The molecular weight excluding hydrogens is 369 g/mol. The normalized spacial score (nSPS) is 22.2. The Morgan fingerprint density at radius 2 is 1.79 bits per heavy atom. The van der Waals surface area contributed by atoms with E-state index in [0.29, 0.717) is 17.5 Å². The monoisotopic (exact) mass is 384 g/mol. The van der Waals surface area contributed by atoms with Crippen molar-refractivity contribution in [1.82, 2.24) is 8.61 Å². The van der Waals surface area contributed by atoms with E-state index in [2.05, 4.69) is 0 Å². The molecule has 5 nitrogen and oxygen atoms in total. The fourth-order valence-corrected chi connectivity index (χ4v) is 4.88. The molecule has 1 aromatic carbocycles. The van der Waals surface area contributed by atoms with Crippen LogP contribution < -0.4 is 0 Å². The van der Waals surface area contributed by atoms with Crippen LogP contribution in [0.4, 0.5) is 13.2 Å². The van der Waals surface area contributed by atoms with E-state index >= 15 is 0 Å². The van der Waals surface area contributed by atoms with Crippen LogP contribution in [0, 0.1) is 5.41 Å². The summed E-state index contributed by atoms with van der Waals surface area (Å²) in [4.78, 5) is 0. The molecule has 1 spiro atoms. The lowest BCUT2D eigenvalue weighted by Gasteiger charge is -2.54. The van der Waals surface area contributed by atoms with Crippen molar-refractivity contribution < 1.29 is 26.3 Å². The fraction of sp³-hybridized carbons (Fsp3) is 0.571. The van der Waals surface area contributed by atoms with Gasteiger partial charge in [0.05, 0.1) is 13.2 Å². The van der Waals surface area contributed by atoms with E-state index in [1.165, 1.54) is 24.3 Å². The summed E-state index contributed by atoms with van der Waals surface area (Å²) in [6, 6.07) is 2.71. The Balaban J connectivity index is 1.85. The summed E-state index contributed by atoms with van der Waals surface area (Å²) in [6.45, 7) is 1.26. The highest BCUT2D eigenvalue weighted by Crippen LogP contribution is 2.43. The molecule has 10 heteroatoms. The highest BCUT2D eigenvalue weighted by atomic mass is 35.5. The van der Waals surface area contributed by atoms with Crippen molar-refractivity contribution in [2.45, 2.75) is 12.2 Å². The Kier molecular flexibility index (Phi) is 4.37. The molecule has 2 heterocycles. The maximum Gasteiger partial charge on any atom is 0.409 e. The van der Waals surface area contributed by atoms with E-state index in [4.69, 9.17) is 16.3 Å². The Bertz CT molecular complexity index is 712. The number of ether oxygens (including phenoxy) is 1. The van der Waals surface area contributed by atoms with Gasteiger partial charge in [0.25, 0.3) is 10.2 Å². The summed E-state index contributed by atoms with van der Waals surface area (Å²) in [5.41, 5.74) is -0.401. The van der Waals surface area contributed by atoms with Gasteiger partial charge in [-0.05, 0) is 17.7 Å². The molecule has 2 aliphatic heterocycles. The van der Waals surface area contributed by atoms with Gasteiger partial charge >= 0.3 is 6.18 Å². The van der Waals surface area contributed by atoms with E-state index in [1.54, 1.807) is 0 Å². The largest absolute Gasteiger partial charge is 0.409 e. The third-order valence-corrected chi connectivity index (χ3v) is 6.49. The van der Waals surface area contributed by atoms with Crippen LogP contribution in [-0.2, 0) is 14.9 Å². The van der Waals surface area contributed by atoms with E-state index in [1.807, 2.05) is 0 Å². The van der Waals surface area contributed by atoms with Gasteiger partial charge in [-0.3, -0.25) is 0 Å². The quantitative estimate of drug-likeness (QED) is 0.801. The maximum absolute atomic E-state index is 13.5. The molecule has 1 unspecified atom stereocenters. The molecule has 3 rings (SSSR count). The second-order valence-electron chi connectivity index (χ2n) is 6.28. The molecule has 0 N–H and O–H groups in total. The van der Waals surface area contributed by atoms with Crippen molar-refractivity contribution >= 4 is 21.8 Å². The van der Waals surface area contributed by atoms with Crippen LogP contribution in [0.3, 0.4) is 0 Å². The van der Waals surface area contributed by atoms with Crippen LogP contribution >= 0.6 is 11.6 Å². The summed E-state index contributed by atoms with van der Waals surface area (Å²) in [6.07, 6.45) is -4.75. The van der Waals surface area contributed by atoms with Crippen molar-refractivity contribution in [3.63, 3.8) is 0 Å². The lowest BCUT2D eigenvalue weighted by molar-refractivity contribution is -0.178. The second kappa shape index (κ2) is 5.84. The minimum atomic E-state index is -4.75. The summed E-state index contributed by atoms with van der Waals surface area (Å²) in [5, 5.41) is 0.278. The Labute approximate surface area is 143 Å². The predicted molar refractivity (Wildman–Crippen MR) is 81.8 cm³/mol. The average Bonchev–Trinajstić information content (AvgIpc) is 2.36. The summed E-state index contributed by atoms with van der Waals surface area (Å²) < 4.78 is 72.2. The van der Waals surface area contributed by atoms with Crippen LogP contribution in [-0.4, -0.2) is 56.6 Å². The van der Waals surface area contributed by atoms with Crippen molar-refractivity contribution in [2.75, 3.05) is 33.4 Å². The molecule has 0 bridgehead atoms. The standard InChI is InChI=1S/C14H16ClF3N2O3S/c1-19(24(21,22)20-6-13(7-20)8-23-9-13)12(14(16,17)18)10-2-4-11(15)5-3-10/h2-5,12H,6-9H2,1H3. The molecule has 0 amide bonds. The molecule has 1 atom stereocenters. The second-order valence-corrected chi connectivity index (χ2v) is 8.71. The number of hydrogen-bond acceptors (Lipinski definition) is 3. The minimum Gasteiger partial charge on any atom is -0.380 e. The maximum atomic E-state index is 13.5. The first-order valence-corrected chi connectivity index (χ1v) is 8.96. The number of rotatable bonds is 4. The molecule has 0 saturated carbocycles. The van der Waals surface area contributed by atoms with Crippen LogP contribution in [0.2, 0.25) is 5.02 Å². The van der Waals surface area contributed by atoms with Gasteiger partial charge in [0.15, 0.2) is 0 Å². The zero-order valence-corrected chi connectivity index (χ0v) is 14.3. The van der Waals surface area contributed by atoms with Crippen molar-refractivity contribution in [3.05, 3.63) is 34.9 Å². The van der Waals surface area contributed by atoms with Gasteiger partial charge in [0.1, 0.15) is 6.04 Å². The third-order valence-electron chi connectivity index (χ3n) is 4.39. The van der Waals surface area contributed by atoms with E-state index in [0.717, 1.165) is 11.4 Å². The Morgan fingerprint density at radius 1 is 1.25 bits per heavy atom. The van der Waals surface area contributed by atoms with Crippen molar-refractivity contribution in [2.24, 2.45) is 5.41 Å². The number of halogens is 4. The highest BCUT2D eigenvalue weighted by molar-refractivity contribution is 7.86. The lowest BCUT2D eigenvalue weighted by atomic mass is 9.80. The summed E-state index contributed by atoms with van der Waals surface area (Å²) in [7, 11) is -3.28. The van der Waals surface area contributed by atoms with Gasteiger partial charge in [-0.1, -0.05) is 23.7 Å². The highest BCUT2D eigenvalue weighted by Gasteiger charge is 2.56. The zero-order chi connectivity index (χ0) is 17.8. The van der Waals surface area contributed by atoms with Gasteiger partial charge in [-0.15, -0.1) is 0 Å². The molecule has 0 aromatic heterocycles. The van der Waals surface area contributed by atoms with Gasteiger partial charge in [0, 0.05) is 30.6 Å². The van der Waals surface area contributed by atoms with Crippen molar-refractivity contribution in [3.8, 4) is 0 Å². The van der Waals surface area contributed by atoms with Gasteiger partial charge in [-0.2, -0.15) is 30.2 Å². The SMILES string of the molecule is CN(C(c1ccc(Cl)cc1)C(F)(F)F)S(=O)(=O)N1CC2(COC2)C1. The Hall–Kier alpha value is -0.870. The molecule has 134 valence electrons. The Morgan fingerprint density at radius 3 is 2.21 bits per heavy atom. The summed E-state index contributed by atoms with van der Waals surface area (Å²) in [5.74, 6) is 0. The number of benzene rings is 1. The van der Waals surface area contributed by atoms with E-state index in [-0.39, 0.29) is 29.1 Å². The number of hydrogen-bond donors (Lipinski definition) is 0. The van der Waals surface area contributed by atoms with Crippen LogP contribution in [0.15, 0.2) is 24.3 Å². The van der Waals surface area contributed by atoms with E-state index in [9.17, 15) is 21.6 Å².